The zero-order valence-corrected chi connectivity index (χ0v) is 17.6. The Labute approximate surface area is 164 Å². The van der Waals surface area contributed by atoms with Gasteiger partial charge in [-0.3, -0.25) is 4.98 Å². The Balaban J connectivity index is 1.97. The summed E-state index contributed by atoms with van der Waals surface area (Å²) in [6.07, 6.45) is 6.46. The molecular formula is C22H27BrN3+. The molecule has 2 aromatic heterocycles. The van der Waals surface area contributed by atoms with Crippen LogP contribution < -0.4 is 4.57 Å². The fourth-order valence-electron chi connectivity index (χ4n) is 3.31. The number of para-hydroxylation sites is 1. The van der Waals surface area contributed by atoms with E-state index in [0.717, 1.165) is 23.3 Å². The van der Waals surface area contributed by atoms with Gasteiger partial charge in [-0.05, 0) is 24.0 Å². The maximum atomic E-state index is 4.68. The minimum atomic E-state index is 0.483. The summed E-state index contributed by atoms with van der Waals surface area (Å²) in [5.41, 5.74) is 6.23. The van der Waals surface area contributed by atoms with Crippen LogP contribution in [0.5, 0.6) is 0 Å². The number of hydrogen-bond acceptors (Lipinski definition) is 1. The molecule has 0 amide bonds. The van der Waals surface area contributed by atoms with Crippen molar-refractivity contribution in [3.63, 3.8) is 0 Å². The van der Waals surface area contributed by atoms with Gasteiger partial charge in [-0.15, -0.1) is 0 Å². The van der Waals surface area contributed by atoms with Crippen LogP contribution >= 0.6 is 15.9 Å². The van der Waals surface area contributed by atoms with Crippen molar-refractivity contribution in [3.05, 3.63) is 77.6 Å². The molecule has 0 bridgehead atoms. The lowest BCUT2D eigenvalue weighted by Crippen LogP contribution is -2.32. The van der Waals surface area contributed by atoms with Crippen molar-refractivity contribution in [2.24, 2.45) is 0 Å². The lowest BCUT2D eigenvalue weighted by Gasteiger charge is -2.16. The van der Waals surface area contributed by atoms with Crippen LogP contribution in [-0.2, 0) is 11.9 Å². The predicted octanol–water partition coefficient (Wildman–Crippen LogP) is 5.35. The van der Waals surface area contributed by atoms with Crippen molar-refractivity contribution in [2.75, 3.05) is 0 Å². The second-order valence-corrected chi connectivity index (χ2v) is 7.90. The minimum absolute atomic E-state index is 0.483. The minimum Gasteiger partial charge on any atom is -0.253 e. The Kier molecular flexibility index (Phi) is 5.92. The highest BCUT2D eigenvalue weighted by Gasteiger charge is 2.20. The molecule has 0 radical (unpaired) electrons. The molecular weight excluding hydrogens is 386 g/mol. The van der Waals surface area contributed by atoms with E-state index < -0.39 is 0 Å². The fraction of sp³-hybridized carbons (Fsp3) is 0.364. The Bertz CT molecular complexity index is 854. The van der Waals surface area contributed by atoms with Gasteiger partial charge >= 0.3 is 0 Å². The number of nitrogens with zero attached hydrogens (tertiary/aromatic N) is 3. The zero-order valence-electron chi connectivity index (χ0n) is 16.0. The standard InChI is InChI=1S/C22H27BrN3/c1-16(2)20-9-6-10-21(17(3)4)22(20)26-12-11-25(15-26)14-19-8-5-7-18(13-23)24-19/h5-12,15-17H,13-14H2,1-4H3/q+1. The number of halogens is 1. The number of pyridine rings is 1. The molecule has 3 nitrogen and oxygen atoms in total. The van der Waals surface area contributed by atoms with Crippen LogP contribution in [0.1, 0.15) is 62.0 Å². The van der Waals surface area contributed by atoms with Gasteiger partial charge in [0.1, 0.15) is 24.6 Å². The molecule has 0 saturated carbocycles. The first-order chi connectivity index (χ1) is 12.5. The molecule has 4 heteroatoms. The molecule has 0 aliphatic rings. The average Bonchev–Trinajstić information content (AvgIpc) is 3.09. The summed E-state index contributed by atoms with van der Waals surface area (Å²) in [7, 11) is 0. The van der Waals surface area contributed by atoms with Crippen molar-refractivity contribution < 1.29 is 4.57 Å². The number of hydrogen-bond donors (Lipinski definition) is 0. The van der Waals surface area contributed by atoms with Gasteiger partial charge < -0.3 is 0 Å². The second-order valence-electron chi connectivity index (χ2n) is 7.34. The van der Waals surface area contributed by atoms with Crippen LogP contribution in [0.3, 0.4) is 0 Å². The number of benzene rings is 1. The monoisotopic (exact) mass is 412 g/mol. The fourth-order valence-corrected chi connectivity index (χ4v) is 3.62. The molecule has 3 rings (SSSR count). The number of rotatable bonds is 6. The first-order valence-corrected chi connectivity index (χ1v) is 10.3. The summed E-state index contributed by atoms with van der Waals surface area (Å²) in [5.74, 6) is 0.966. The van der Waals surface area contributed by atoms with Crippen LogP contribution in [0.15, 0.2) is 55.1 Å². The Morgan fingerprint density at radius 2 is 1.58 bits per heavy atom. The van der Waals surface area contributed by atoms with Crippen molar-refractivity contribution >= 4 is 15.9 Å². The largest absolute Gasteiger partial charge is 0.253 e. The molecule has 136 valence electrons. The second kappa shape index (κ2) is 8.17. The normalized spacial score (nSPS) is 11.5. The van der Waals surface area contributed by atoms with Gasteiger partial charge in [-0.25, -0.2) is 9.13 Å². The molecule has 1 aromatic carbocycles. The maximum absolute atomic E-state index is 4.68. The summed E-state index contributed by atoms with van der Waals surface area (Å²) in [4.78, 5) is 4.68. The quantitative estimate of drug-likeness (QED) is 0.394. The first kappa shape index (κ1) is 18.8. The third-order valence-corrected chi connectivity index (χ3v) is 5.21. The third-order valence-electron chi connectivity index (χ3n) is 4.64. The van der Waals surface area contributed by atoms with Crippen LogP contribution in [0.2, 0.25) is 0 Å². The van der Waals surface area contributed by atoms with E-state index in [1.165, 1.54) is 16.8 Å². The van der Waals surface area contributed by atoms with Gasteiger partial charge in [0.15, 0.2) is 0 Å². The molecule has 2 heterocycles. The summed E-state index contributed by atoms with van der Waals surface area (Å²) >= 11 is 3.48. The summed E-state index contributed by atoms with van der Waals surface area (Å²) in [6.45, 7) is 9.81. The van der Waals surface area contributed by atoms with E-state index >= 15 is 0 Å². The molecule has 0 unspecified atom stereocenters. The molecule has 26 heavy (non-hydrogen) atoms. The maximum Gasteiger partial charge on any atom is 0.249 e. The molecule has 3 aromatic rings. The molecule has 0 saturated heterocycles. The van der Waals surface area contributed by atoms with Gasteiger partial charge in [-0.2, -0.15) is 0 Å². The Hall–Kier alpha value is -1.94. The molecule has 0 fully saturated rings. The lowest BCUT2D eigenvalue weighted by atomic mass is 9.92. The van der Waals surface area contributed by atoms with Crippen LogP contribution in [0.25, 0.3) is 5.69 Å². The van der Waals surface area contributed by atoms with Gasteiger partial charge in [0.25, 0.3) is 0 Å². The van der Waals surface area contributed by atoms with Crippen molar-refractivity contribution in [3.8, 4) is 5.69 Å². The molecule has 0 spiro atoms. The average molecular weight is 413 g/mol. The number of imidazole rings is 1. The first-order valence-electron chi connectivity index (χ1n) is 9.20. The van der Waals surface area contributed by atoms with Crippen molar-refractivity contribution in [1.29, 1.82) is 0 Å². The number of alkyl halides is 1. The topological polar surface area (TPSA) is 21.7 Å². The van der Waals surface area contributed by atoms with Crippen LogP contribution in [-0.4, -0.2) is 9.55 Å². The van der Waals surface area contributed by atoms with E-state index in [-0.39, 0.29) is 0 Å². The Morgan fingerprint density at radius 1 is 0.962 bits per heavy atom. The predicted molar refractivity (Wildman–Crippen MR) is 110 cm³/mol. The highest BCUT2D eigenvalue weighted by Crippen LogP contribution is 2.30. The van der Waals surface area contributed by atoms with Gasteiger partial charge in [0.2, 0.25) is 6.33 Å². The van der Waals surface area contributed by atoms with E-state index in [1.807, 2.05) is 6.07 Å². The molecule has 0 N–H and O–H groups in total. The number of aromatic nitrogens is 3. The van der Waals surface area contributed by atoms with Crippen molar-refractivity contribution in [2.45, 2.75) is 51.4 Å². The van der Waals surface area contributed by atoms with E-state index in [0.29, 0.717) is 11.8 Å². The van der Waals surface area contributed by atoms with Crippen LogP contribution in [0.4, 0.5) is 0 Å². The van der Waals surface area contributed by atoms with Gasteiger partial charge in [0.05, 0.1) is 11.4 Å². The zero-order chi connectivity index (χ0) is 18.7. The van der Waals surface area contributed by atoms with Crippen molar-refractivity contribution in [1.82, 2.24) is 9.55 Å². The Morgan fingerprint density at radius 3 is 2.19 bits per heavy atom. The highest BCUT2D eigenvalue weighted by molar-refractivity contribution is 9.08. The van der Waals surface area contributed by atoms with E-state index in [4.69, 9.17) is 0 Å². The van der Waals surface area contributed by atoms with E-state index in [9.17, 15) is 0 Å². The van der Waals surface area contributed by atoms with Gasteiger partial charge in [0, 0.05) is 16.5 Å². The SMILES string of the molecule is CC(C)c1cccc(C(C)C)c1-n1cc[n+](Cc2cccc(CBr)n2)c1. The third kappa shape index (κ3) is 4.07. The lowest BCUT2D eigenvalue weighted by molar-refractivity contribution is -0.688. The summed E-state index contributed by atoms with van der Waals surface area (Å²) < 4.78 is 4.46. The summed E-state index contributed by atoms with van der Waals surface area (Å²) in [6, 6.07) is 12.9. The highest BCUT2D eigenvalue weighted by atomic mass is 79.9. The smallest absolute Gasteiger partial charge is 0.249 e. The molecule has 0 aliphatic heterocycles. The molecule has 0 aliphatic carbocycles. The van der Waals surface area contributed by atoms with E-state index in [2.05, 4.69) is 107 Å². The van der Waals surface area contributed by atoms with Gasteiger partial charge in [-0.1, -0.05) is 67.9 Å². The van der Waals surface area contributed by atoms with Crippen LogP contribution in [0, 0.1) is 0 Å². The summed E-state index contributed by atoms with van der Waals surface area (Å²) in [5, 5.41) is 0.784. The van der Waals surface area contributed by atoms with E-state index in [1.54, 1.807) is 0 Å². The molecule has 0 atom stereocenters.